The monoisotopic (exact) mass is 326 g/mol. The molecule has 0 aliphatic carbocycles. The van der Waals surface area contributed by atoms with Crippen molar-refractivity contribution in [3.8, 4) is 5.75 Å². The second kappa shape index (κ2) is 8.24. The lowest BCUT2D eigenvalue weighted by Gasteiger charge is -2.32. The SMILES string of the molecule is CCCN1CCC(NC(=O)[C@H](C)Oc2ccc(F)cc2F)CC1. The lowest BCUT2D eigenvalue weighted by Crippen LogP contribution is -2.48. The molecule has 0 saturated carbocycles. The predicted molar refractivity (Wildman–Crippen MR) is 84.3 cm³/mol. The van der Waals surface area contributed by atoms with Crippen LogP contribution in [0.4, 0.5) is 8.78 Å². The van der Waals surface area contributed by atoms with Crippen LogP contribution in [0.25, 0.3) is 0 Å². The largest absolute Gasteiger partial charge is 0.478 e. The number of piperidine rings is 1. The third kappa shape index (κ3) is 5.16. The number of benzene rings is 1. The molecule has 2 rings (SSSR count). The lowest BCUT2D eigenvalue weighted by molar-refractivity contribution is -0.128. The van der Waals surface area contributed by atoms with Crippen molar-refractivity contribution in [3.05, 3.63) is 29.8 Å². The van der Waals surface area contributed by atoms with Gasteiger partial charge in [0.2, 0.25) is 0 Å². The third-order valence-corrected chi connectivity index (χ3v) is 4.04. The standard InChI is InChI=1S/C17H24F2N2O2/c1-3-8-21-9-6-14(7-10-21)20-17(22)12(2)23-16-5-4-13(18)11-15(16)19/h4-5,11-12,14H,3,6-10H2,1-2H3,(H,20,22)/t12-/m0/s1. The molecule has 1 saturated heterocycles. The van der Waals surface area contributed by atoms with Gasteiger partial charge < -0.3 is 15.0 Å². The number of amides is 1. The molecule has 0 spiro atoms. The van der Waals surface area contributed by atoms with Gasteiger partial charge >= 0.3 is 0 Å². The molecule has 1 heterocycles. The number of carbonyl (C=O) groups is 1. The molecule has 1 aliphatic heterocycles. The topological polar surface area (TPSA) is 41.6 Å². The van der Waals surface area contributed by atoms with Crippen LogP contribution in [0.5, 0.6) is 5.75 Å². The minimum atomic E-state index is -0.830. The summed E-state index contributed by atoms with van der Waals surface area (Å²) in [5, 5.41) is 2.95. The summed E-state index contributed by atoms with van der Waals surface area (Å²) >= 11 is 0. The summed E-state index contributed by atoms with van der Waals surface area (Å²) in [6.07, 6.45) is 2.11. The zero-order valence-corrected chi connectivity index (χ0v) is 13.6. The third-order valence-electron chi connectivity index (χ3n) is 4.04. The number of ether oxygens (including phenoxy) is 1. The molecule has 1 fully saturated rings. The summed E-state index contributed by atoms with van der Waals surface area (Å²) in [4.78, 5) is 14.5. The Morgan fingerprint density at radius 2 is 2.09 bits per heavy atom. The highest BCUT2D eigenvalue weighted by Gasteiger charge is 2.23. The zero-order valence-electron chi connectivity index (χ0n) is 13.6. The molecular weight excluding hydrogens is 302 g/mol. The highest BCUT2D eigenvalue weighted by Crippen LogP contribution is 2.19. The minimum absolute atomic E-state index is 0.119. The minimum Gasteiger partial charge on any atom is -0.478 e. The van der Waals surface area contributed by atoms with Gasteiger partial charge in [0.15, 0.2) is 17.7 Å². The molecule has 0 unspecified atom stereocenters. The average Bonchev–Trinajstić information content (AvgIpc) is 2.52. The molecule has 4 nitrogen and oxygen atoms in total. The van der Waals surface area contributed by atoms with E-state index in [0.717, 1.165) is 51.0 Å². The molecule has 1 atom stereocenters. The van der Waals surface area contributed by atoms with Gasteiger partial charge in [-0.1, -0.05) is 6.92 Å². The Morgan fingerprint density at radius 1 is 1.39 bits per heavy atom. The van der Waals surface area contributed by atoms with Crippen molar-refractivity contribution in [1.82, 2.24) is 10.2 Å². The van der Waals surface area contributed by atoms with Crippen LogP contribution in [0.15, 0.2) is 18.2 Å². The molecule has 23 heavy (non-hydrogen) atoms. The van der Waals surface area contributed by atoms with E-state index in [2.05, 4.69) is 17.1 Å². The summed E-state index contributed by atoms with van der Waals surface area (Å²) in [7, 11) is 0. The number of nitrogens with one attached hydrogen (secondary N) is 1. The van der Waals surface area contributed by atoms with Gasteiger partial charge in [0, 0.05) is 25.2 Å². The number of hydrogen-bond acceptors (Lipinski definition) is 3. The van der Waals surface area contributed by atoms with Crippen LogP contribution in [0.2, 0.25) is 0 Å². The molecule has 128 valence electrons. The molecule has 1 aromatic carbocycles. The van der Waals surface area contributed by atoms with E-state index >= 15 is 0 Å². The second-order valence-electron chi connectivity index (χ2n) is 5.96. The van der Waals surface area contributed by atoms with Crippen molar-refractivity contribution in [2.75, 3.05) is 19.6 Å². The van der Waals surface area contributed by atoms with Crippen LogP contribution in [-0.4, -0.2) is 42.6 Å². The molecule has 1 aliphatic rings. The van der Waals surface area contributed by atoms with Gasteiger partial charge in [0.25, 0.3) is 5.91 Å². The molecular formula is C17H24F2N2O2. The van der Waals surface area contributed by atoms with Crippen molar-refractivity contribution in [3.63, 3.8) is 0 Å². The predicted octanol–water partition coefficient (Wildman–Crippen LogP) is 2.72. The van der Waals surface area contributed by atoms with E-state index in [4.69, 9.17) is 4.74 Å². The number of halogens is 2. The Bertz CT molecular complexity index is 531. The van der Waals surface area contributed by atoms with E-state index in [0.29, 0.717) is 0 Å². The Balaban J connectivity index is 1.81. The Morgan fingerprint density at radius 3 is 2.70 bits per heavy atom. The molecule has 1 N–H and O–H groups in total. The van der Waals surface area contributed by atoms with Crippen molar-refractivity contribution in [1.29, 1.82) is 0 Å². The maximum atomic E-state index is 13.5. The van der Waals surface area contributed by atoms with Crippen molar-refractivity contribution in [2.24, 2.45) is 0 Å². The van der Waals surface area contributed by atoms with Crippen LogP contribution in [-0.2, 0) is 4.79 Å². The first kappa shape index (κ1) is 17.7. The first-order valence-corrected chi connectivity index (χ1v) is 8.14. The Labute approximate surface area is 135 Å². The van der Waals surface area contributed by atoms with E-state index in [9.17, 15) is 13.6 Å². The zero-order chi connectivity index (χ0) is 16.8. The maximum Gasteiger partial charge on any atom is 0.260 e. The van der Waals surface area contributed by atoms with Crippen LogP contribution in [0.3, 0.4) is 0 Å². The van der Waals surface area contributed by atoms with Crippen LogP contribution in [0.1, 0.15) is 33.1 Å². The number of hydrogen-bond donors (Lipinski definition) is 1. The summed E-state index contributed by atoms with van der Waals surface area (Å²) < 4.78 is 31.7. The van der Waals surface area contributed by atoms with E-state index in [1.165, 1.54) is 6.07 Å². The molecule has 0 aromatic heterocycles. The van der Waals surface area contributed by atoms with Gasteiger partial charge in [-0.3, -0.25) is 4.79 Å². The number of rotatable bonds is 6. The summed E-state index contributed by atoms with van der Waals surface area (Å²) in [6.45, 7) is 6.75. The summed E-state index contributed by atoms with van der Waals surface area (Å²) in [6, 6.07) is 3.16. The summed E-state index contributed by atoms with van der Waals surface area (Å²) in [5.41, 5.74) is 0. The van der Waals surface area contributed by atoms with E-state index in [-0.39, 0.29) is 17.7 Å². The van der Waals surface area contributed by atoms with Gasteiger partial charge in [-0.2, -0.15) is 0 Å². The highest BCUT2D eigenvalue weighted by atomic mass is 19.1. The van der Waals surface area contributed by atoms with Crippen LogP contribution in [0, 0.1) is 11.6 Å². The first-order valence-electron chi connectivity index (χ1n) is 8.14. The van der Waals surface area contributed by atoms with Gasteiger partial charge in [0.05, 0.1) is 0 Å². The van der Waals surface area contributed by atoms with E-state index in [1.807, 2.05) is 0 Å². The smallest absolute Gasteiger partial charge is 0.260 e. The second-order valence-corrected chi connectivity index (χ2v) is 5.96. The number of likely N-dealkylation sites (tertiary alicyclic amines) is 1. The van der Waals surface area contributed by atoms with Crippen molar-refractivity contribution in [2.45, 2.75) is 45.3 Å². The molecule has 0 bridgehead atoms. The fourth-order valence-corrected chi connectivity index (χ4v) is 2.75. The molecule has 6 heteroatoms. The number of nitrogens with zero attached hydrogens (tertiary/aromatic N) is 1. The fraction of sp³-hybridized carbons (Fsp3) is 0.588. The molecule has 0 radical (unpaired) electrons. The van der Waals surface area contributed by atoms with E-state index in [1.54, 1.807) is 6.92 Å². The van der Waals surface area contributed by atoms with Crippen molar-refractivity contribution >= 4 is 5.91 Å². The lowest BCUT2D eigenvalue weighted by atomic mass is 10.0. The van der Waals surface area contributed by atoms with Gasteiger partial charge in [-0.05, 0) is 44.9 Å². The Kier molecular flexibility index (Phi) is 6.33. The molecule has 1 aromatic rings. The van der Waals surface area contributed by atoms with Gasteiger partial charge in [-0.15, -0.1) is 0 Å². The van der Waals surface area contributed by atoms with Crippen LogP contribution >= 0.6 is 0 Å². The maximum absolute atomic E-state index is 13.5. The van der Waals surface area contributed by atoms with Crippen LogP contribution < -0.4 is 10.1 Å². The molecule has 1 amide bonds. The number of carbonyl (C=O) groups excluding carboxylic acids is 1. The van der Waals surface area contributed by atoms with E-state index < -0.39 is 17.7 Å². The average molecular weight is 326 g/mol. The van der Waals surface area contributed by atoms with Crippen molar-refractivity contribution < 1.29 is 18.3 Å². The highest BCUT2D eigenvalue weighted by molar-refractivity contribution is 5.81. The van der Waals surface area contributed by atoms with Gasteiger partial charge in [-0.25, -0.2) is 8.78 Å². The quantitative estimate of drug-likeness (QED) is 0.874. The fourth-order valence-electron chi connectivity index (χ4n) is 2.75. The van der Waals surface area contributed by atoms with Gasteiger partial charge in [0.1, 0.15) is 5.82 Å². The first-order chi connectivity index (χ1) is 11.0. The Hall–Kier alpha value is -1.69. The normalized spacial score (nSPS) is 17.7. The summed E-state index contributed by atoms with van der Waals surface area (Å²) in [5.74, 6) is -1.88.